The van der Waals surface area contributed by atoms with Gasteiger partial charge in [-0.2, -0.15) is 0 Å². The van der Waals surface area contributed by atoms with E-state index in [0.717, 1.165) is 18.4 Å². The van der Waals surface area contributed by atoms with Crippen LogP contribution in [0.5, 0.6) is 0 Å². The van der Waals surface area contributed by atoms with Gasteiger partial charge in [0.05, 0.1) is 12.6 Å². The van der Waals surface area contributed by atoms with Gasteiger partial charge in [0.2, 0.25) is 11.8 Å². The molecular weight excluding hydrogens is 320 g/mol. The molecule has 2 N–H and O–H groups in total. The summed E-state index contributed by atoms with van der Waals surface area (Å²) in [5, 5.41) is 16.9. The van der Waals surface area contributed by atoms with Crippen LogP contribution in [0.1, 0.15) is 37.2 Å². The average Bonchev–Trinajstić information content (AvgIpc) is 3.36. The number of tetrazole rings is 1. The van der Waals surface area contributed by atoms with Gasteiger partial charge < -0.3 is 10.6 Å². The number of nitrogens with one attached hydrogen (secondary N) is 2. The van der Waals surface area contributed by atoms with Crippen molar-refractivity contribution in [3.05, 3.63) is 47.8 Å². The van der Waals surface area contributed by atoms with E-state index in [2.05, 4.69) is 26.2 Å². The first-order chi connectivity index (χ1) is 12.1. The number of nitrogens with zero attached hydrogens (tertiary/aromatic N) is 4. The molecule has 0 spiro atoms. The summed E-state index contributed by atoms with van der Waals surface area (Å²) in [7, 11) is 0. The van der Waals surface area contributed by atoms with Gasteiger partial charge in [0, 0.05) is 6.08 Å². The summed E-state index contributed by atoms with van der Waals surface area (Å²) in [6.45, 7) is 1.87. The van der Waals surface area contributed by atoms with Crippen LogP contribution in [0.2, 0.25) is 0 Å². The van der Waals surface area contributed by atoms with E-state index >= 15 is 0 Å². The summed E-state index contributed by atoms with van der Waals surface area (Å²) in [5.41, 5.74) is 0.918. The Kier molecular flexibility index (Phi) is 5.17. The highest BCUT2D eigenvalue weighted by Gasteiger charge is 2.27. The molecule has 1 aliphatic rings. The molecule has 0 bridgehead atoms. The van der Waals surface area contributed by atoms with Crippen LogP contribution in [-0.4, -0.2) is 38.1 Å². The van der Waals surface area contributed by atoms with Crippen molar-refractivity contribution in [2.75, 3.05) is 0 Å². The molecule has 8 nitrogen and oxygen atoms in total. The minimum absolute atomic E-state index is 0.238. The first kappa shape index (κ1) is 16.8. The molecular formula is C17H20N6O2. The minimum atomic E-state index is -0.654. The third-order valence-electron chi connectivity index (χ3n) is 3.85. The Balaban J connectivity index is 1.46. The molecule has 1 atom stereocenters. The number of benzene rings is 1. The van der Waals surface area contributed by atoms with Crippen molar-refractivity contribution in [1.29, 1.82) is 0 Å². The van der Waals surface area contributed by atoms with Crippen molar-refractivity contribution < 1.29 is 9.59 Å². The Bertz CT molecular complexity index is 766. The summed E-state index contributed by atoms with van der Waals surface area (Å²) < 4.78 is 1.74. The third kappa shape index (κ3) is 4.72. The minimum Gasteiger partial charge on any atom is -0.347 e. The second-order valence-corrected chi connectivity index (χ2v) is 5.96. The Labute approximate surface area is 145 Å². The van der Waals surface area contributed by atoms with Crippen LogP contribution in [0.15, 0.2) is 36.4 Å². The fourth-order valence-electron chi connectivity index (χ4n) is 2.31. The van der Waals surface area contributed by atoms with Gasteiger partial charge >= 0.3 is 0 Å². The number of carbonyl (C=O) groups is 2. The van der Waals surface area contributed by atoms with Crippen molar-refractivity contribution in [2.24, 2.45) is 0 Å². The Hall–Kier alpha value is -3.03. The SMILES string of the molecule is CC(NC(=O)/C=C/c1ccccc1)C(=O)NCc1nnnn1C1CC1. The monoisotopic (exact) mass is 340 g/mol. The van der Waals surface area contributed by atoms with Crippen LogP contribution in [0.3, 0.4) is 0 Å². The summed E-state index contributed by atoms with van der Waals surface area (Å²) in [4.78, 5) is 24.0. The summed E-state index contributed by atoms with van der Waals surface area (Å²) >= 11 is 0. The molecule has 0 aliphatic heterocycles. The van der Waals surface area contributed by atoms with Crippen LogP contribution < -0.4 is 10.6 Å². The lowest BCUT2D eigenvalue weighted by molar-refractivity contribution is -0.126. The van der Waals surface area contributed by atoms with Crippen LogP contribution in [0.4, 0.5) is 0 Å². The summed E-state index contributed by atoms with van der Waals surface area (Å²) in [6.07, 6.45) is 5.23. The second-order valence-electron chi connectivity index (χ2n) is 5.96. The number of aromatic nitrogens is 4. The first-order valence-corrected chi connectivity index (χ1v) is 8.21. The van der Waals surface area contributed by atoms with Gasteiger partial charge in [-0.1, -0.05) is 30.3 Å². The van der Waals surface area contributed by atoms with Crippen molar-refractivity contribution in [3.8, 4) is 0 Å². The Morgan fingerprint density at radius 1 is 1.32 bits per heavy atom. The zero-order valence-electron chi connectivity index (χ0n) is 13.9. The topological polar surface area (TPSA) is 102 Å². The van der Waals surface area contributed by atoms with E-state index in [0.29, 0.717) is 11.9 Å². The predicted molar refractivity (Wildman–Crippen MR) is 91.0 cm³/mol. The van der Waals surface area contributed by atoms with E-state index in [-0.39, 0.29) is 18.4 Å². The third-order valence-corrected chi connectivity index (χ3v) is 3.85. The largest absolute Gasteiger partial charge is 0.347 e. The van der Waals surface area contributed by atoms with Gasteiger partial charge in [-0.3, -0.25) is 9.59 Å². The van der Waals surface area contributed by atoms with E-state index in [4.69, 9.17) is 0 Å². The molecule has 130 valence electrons. The van der Waals surface area contributed by atoms with Gasteiger partial charge in [-0.15, -0.1) is 5.10 Å². The van der Waals surface area contributed by atoms with Gasteiger partial charge in [-0.25, -0.2) is 4.68 Å². The average molecular weight is 340 g/mol. The smallest absolute Gasteiger partial charge is 0.244 e. The van der Waals surface area contributed by atoms with E-state index in [9.17, 15) is 9.59 Å². The Morgan fingerprint density at radius 2 is 2.08 bits per heavy atom. The maximum Gasteiger partial charge on any atom is 0.244 e. The summed E-state index contributed by atoms with van der Waals surface area (Å²) in [5.74, 6) is 0.0134. The lowest BCUT2D eigenvalue weighted by Crippen LogP contribution is -2.44. The second kappa shape index (κ2) is 7.69. The Morgan fingerprint density at radius 3 is 2.80 bits per heavy atom. The maximum absolute atomic E-state index is 12.1. The van der Waals surface area contributed by atoms with Crippen LogP contribution >= 0.6 is 0 Å². The molecule has 2 aromatic rings. The van der Waals surface area contributed by atoms with Crippen LogP contribution in [0, 0.1) is 0 Å². The lowest BCUT2D eigenvalue weighted by atomic mass is 10.2. The van der Waals surface area contributed by atoms with Crippen molar-refractivity contribution in [3.63, 3.8) is 0 Å². The van der Waals surface area contributed by atoms with Crippen molar-refractivity contribution in [1.82, 2.24) is 30.8 Å². The normalized spacial score (nSPS) is 15.1. The van der Waals surface area contributed by atoms with E-state index in [1.54, 1.807) is 17.7 Å². The fraction of sp³-hybridized carbons (Fsp3) is 0.353. The fourth-order valence-corrected chi connectivity index (χ4v) is 2.31. The van der Waals surface area contributed by atoms with Crippen LogP contribution in [0.25, 0.3) is 6.08 Å². The molecule has 25 heavy (non-hydrogen) atoms. The highest BCUT2D eigenvalue weighted by molar-refractivity contribution is 5.95. The van der Waals surface area contributed by atoms with Crippen molar-refractivity contribution >= 4 is 17.9 Å². The molecule has 0 radical (unpaired) electrons. The highest BCUT2D eigenvalue weighted by Crippen LogP contribution is 2.34. The highest BCUT2D eigenvalue weighted by atomic mass is 16.2. The van der Waals surface area contributed by atoms with Crippen molar-refractivity contribution in [2.45, 2.75) is 38.4 Å². The zero-order chi connectivity index (χ0) is 17.6. The lowest BCUT2D eigenvalue weighted by Gasteiger charge is -2.12. The van der Waals surface area contributed by atoms with Crippen LogP contribution in [-0.2, 0) is 16.1 Å². The molecule has 0 saturated heterocycles. The number of rotatable bonds is 7. The van der Waals surface area contributed by atoms with Gasteiger partial charge in [0.1, 0.15) is 6.04 Å². The molecule has 1 saturated carbocycles. The number of amides is 2. The molecule has 1 aromatic heterocycles. The molecule has 1 aromatic carbocycles. The predicted octanol–water partition coefficient (Wildman–Crippen LogP) is 0.842. The molecule has 1 fully saturated rings. The first-order valence-electron chi connectivity index (χ1n) is 8.21. The molecule has 8 heteroatoms. The molecule has 1 unspecified atom stereocenters. The number of carbonyl (C=O) groups excluding carboxylic acids is 2. The number of hydrogen-bond acceptors (Lipinski definition) is 5. The van der Waals surface area contributed by atoms with E-state index in [1.165, 1.54) is 6.08 Å². The van der Waals surface area contributed by atoms with Gasteiger partial charge in [0.25, 0.3) is 0 Å². The maximum atomic E-state index is 12.1. The van der Waals surface area contributed by atoms with Gasteiger partial charge in [-0.05, 0) is 41.8 Å². The number of hydrogen-bond donors (Lipinski definition) is 2. The van der Waals surface area contributed by atoms with E-state index < -0.39 is 6.04 Å². The molecule has 2 amide bonds. The van der Waals surface area contributed by atoms with E-state index in [1.807, 2.05) is 30.3 Å². The summed E-state index contributed by atoms with van der Waals surface area (Å²) in [6, 6.07) is 9.17. The standard InChI is InChI=1S/C17H20N6O2/c1-12(19-16(24)10-7-13-5-3-2-4-6-13)17(25)18-11-15-20-21-22-23(15)14-8-9-14/h2-7,10,12,14H,8-9,11H2,1H3,(H,18,25)(H,19,24)/b10-7+. The molecule has 1 aliphatic carbocycles. The zero-order valence-corrected chi connectivity index (χ0v) is 13.9. The quantitative estimate of drug-likeness (QED) is 0.727. The van der Waals surface area contributed by atoms with Gasteiger partial charge in [0.15, 0.2) is 5.82 Å². The molecule has 1 heterocycles. The molecule has 3 rings (SSSR count).